The number of phenols is 1. The Hall–Kier alpha value is -2.75. The molecule has 0 spiro atoms. The van der Waals surface area contributed by atoms with E-state index in [1.807, 2.05) is 27.5 Å². The van der Waals surface area contributed by atoms with E-state index in [4.69, 9.17) is 0 Å². The standard InChI is InChI=1S/C24H30N2O2/c1-4-14-25-17-22(7-5-6-20-10-12-23(27)13-11-20)26(24(25)28)16-21-9-8-18(2)19(3)15-21/h8-13,15,17,27H,4-7,14,16H2,1-3H3. The molecule has 0 aliphatic heterocycles. The van der Waals surface area contributed by atoms with Gasteiger partial charge in [-0.25, -0.2) is 4.79 Å². The summed E-state index contributed by atoms with van der Waals surface area (Å²) >= 11 is 0. The zero-order valence-corrected chi connectivity index (χ0v) is 17.1. The minimum Gasteiger partial charge on any atom is -0.508 e. The van der Waals surface area contributed by atoms with Crippen molar-refractivity contribution >= 4 is 0 Å². The Balaban J connectivity index is 1.78. The fourth-order valence-electron chi connectivity index (χ4n) is 3.57. The van der Waals surface area contributed by atoms with Crippen LogP contribution in [0.5, 0.6) is 5.75 Å². The number of imidazole rings is 1. The maximum Gasteiger partial charge on any atom is 0.328 e. The highest BCUT2D eigenvalue weighted by molar-refractivity contribution is 5.30. The molecule has 4 heteroatoms. The van der Waals surface area contributed by atoms with E-state index in [0.717, 1.165) is 37.9 Å². The van der Waals surface area contributed by atoms with E-state index >= 15 is 0 Å². The second-order valence-electron chi connectivity index (χ2n) is 7.62. The zero-order valence-electron chi connectivity index (χ0n) is 17.1. The summed E-state index contributed by atoms with van der Waals surface area (Å²) in [5.74, 6) is 0.294. The average molecular weight is 379 g/mol. The third kappa shape index (κ3) is 4.75. The molecule has 148 valence electrons. The minimum absolute atomic E-state index is 0.0831. The van der Waals surface area contributed by atoms with Crippen LogP contribution in [-0.4, -0.2) is 14.2 Å². The summed E-state index contributed by atoms with van der Waals surface area (Å²) < 4.78 is 3.77. The average Bonchev–Trinajstić information content (AvgIpc) is 2.96. The summed E-state index contributed by atoms with van der Waals surface area (Å²) in [6, 6.07) is 13.8. The second-order valence-corrected chi connectivity index (χ2v) is 7.62. The van der Waals surface area contributed by atoms with Gasteiger partial charge in [-0.1, -0.05) is 37.3 Å². The number of aromatic nitrogens is 2. The first-order valence-corrected chi connectivity index (χ1v) is 10.1. The topological polar surface area (TPSA) is 47.2 Å². The van der Waals surface area contributed by atoms with Crippen molar-refractivity contribution in [1.82, 2.24) is 9.13 Å². The molecule has 1 N–H and O–H groups in total. The lowest BCUT2D eigenvalue weighted by Crippen LogP contribution is -2.25. The highest BCUT2D eigenvalue weighted by Gasteiger charge is 2.12. The molecule has 1 heterocycles. The molecule has 0 radical (unpaired) electrons. The van der Waals surface area contributed by atoms with Gasteiger partial charge in [0.05, 0.1) is 6.54 Å². The van der Waals surface area contributed by atoms with Crippen molar-refractivity contribution in [2.45, 2.75) is 59.5 Å². The first kappa shape index (κ1) is 20.0. The van der Waals surface area contributed by atoms with Crippen molar-refractivity contribution in [3.8, 4) is 5.75 Å². The van der Waals surface area contributed by atoms with Gasteiger partial charge >= 0.3 is 5.69 Å². The summed E-state index contributed by atoms with van der Waals surface area (Å²) in [6.45, 7) is 7.69. The minimum atomic E-state index is 0.0831. The van der Waals surface area contributed by atoms with Gasteiger partial charge in [-0.15, -0.1) is 0 Å². The Labute approximate surface area is 167 Å². The third-order valence-electron chi connectivity index (χ3n) is 5.34. The number of hydrogen-bond acceptors (Lipinski definition) is 2. The predicted octanol–water partition coefficient (Wildman–Crippen LogP) is 4.61. The molecule has 2 aromatic carbocycles. The van der Waals surface area contributed by atoms with Gasteiger partial charge in [0, 0.05) is 18.4 Å². The lowest BCUT2D eigenvalue weighted by atomic mass is 10.1. The van der Waals surface area contributed by atoms with E-state index in [9.17, 15) is 9.90 Å². The van der Waals surface area contributed by atoms with Crippen molar-refractivity contribution in [3.63, 3.8) is 0 Å². The number of nitrogens with zero attached hydrogens (tertiary/aromatic N) is 2. The van der Waals surface area contributed by atoms with Gasteiger partial charge in [0.15, 0.2) is 0 Å². The molecule has 0 bridgehead atoms. The van der Waals surface area contributed by atoms with Crippen LogP contribution >= 0.6 is 0 Å². The number of rotatable bonds is 8. The van der Waals surface area contributed by atoms with Crippen LogP contribution in [0.4, 0.5) is 0 Å². The second kappa shape index (κ2) is 8.96. The molecule has 0 aliphatic carbocycles. The highest BCUT2D eigenvalue weighted by atomic mass is 16.3. The molecule has 0 unspecified atom stereocenters. The Morgan fingerprint density at radius 1 is 0.929 bits per heavy atom. The van der Waals surface area contributed by atoms with Crippen molar-refractivity contribution in [1.29, 1.82) is 0 Å². The molecule has 0 aliphatic rings. The first-order chi connectivity index (χ1) is 13.5. The molecule has 4 nitrogen and oxygen atoms in total. The van der Waals surface area contributed by atoms with Gasteiger partial charge in [0.25, 0.3) is 0 Å². The van der Waals surface area contributed by atoms with E-state index in [1.54, 1.807) is 12.1 Å². The van der Waals surface area contributed by atoms with Gasteiger partial charge < -0.3 is 5.11 Å². The van der Waals surface area contributed by atoms with Gasteiger partial charge in [-0.3, -0.25) is 9.13 Å². The van der Waals surface area contributed by atoms with Gasteiger partial charge in [0.1, 0.15) is 5.75 Å². The molecular formula is C24H30N2O2. The smallest absolute Gasteiger partial charge is 0.328 e. The molecule has 28 heavy (non-hydrogen) atoms. The number of benzene rings is 2. The van der Waals surface area contributed by atoms with Crippen molar-refractivity contribution in [2.75, 3.05) is 0 Å². The SMILES string of the molecule is CCCn1cc(CCCc2ccc(O)cc2)n(Cc2ccc(C)c(C)c2)c1=O. The van der Waals surface area contributed by atoms with Crippen molar-refractivity contribution in [2.24, 2.45) is 0 Å². The van der Waals surface area contributed by atoms with Crippen LogP contribution in [0, 0.1) is 13.8 Å². The first-order valence-electron chi connectivity index (χ1n) is 10.1. The number of aromatic hydroxyl groups is 1. The normalized spacial score (nSPS) is 11.1. The Morgan fingerprint density at radius 3 is 2.32 bits per heavy atom. The Kier molecular flexibility index (Phi) is 6.40. The van der Waals surface area contributed by atoms with Gasteiger partial charge in [0.2, 0.25) is 0 Å². The van der Waals surface area contributed by atoms with E-state index in [-0.39, 0.29) is 5.69 Å². The van der Waals surface area contributed by atoms with Gasteiger partial charge in [-0.05, 0) is 73.9 Å². The summed E-state index contributed by atoms with van der Waals surface area (Å²) in [5.41, 5.74) is 6.07. The van der Waals surface area contributed by atoms with Gasteiger partial charge in [-0.2, -0.15) is 0 Å². The number of hydrogen-bond donors (Lipinski definition) is 1. The molecule has 0 amide bonds. The quantitative estimate of drug-likeness (QED) is 0.622. The number of phenolic OH excluding ortho intramolecular Hbond substituents is 1. The molecule has 0 atom stereocenters. The van der Waals surface area contributed by atoms with Crippen LogP contribution in [0.3, 0.4) is 0 Å². The summed E-state index contributed by atoms with van der Waals surface area (Å²) in [7, 11) is 0. The fraction of sp³-hybridized carbons (Fsp3) is 0.375. The Bertz CT molecular complexity index is 981. The zero-order chi connectivity index (χ0) is 20.1. The summed E-state index contributed by atoms with van der Waals surface area (Å²) in [4.78, 5) is 12.9. The largest absolute Gasteiger partial charge is 0.508 e. The van der Waals surface area contributed by atoms with E-state index in [2.05, 4.69) is 39.0 Å². The van der Waals surface area contributed by atoms with E-state index in [1.165, 1.54) is 22.3 Å². The maximum atomic E-state index is 12.9. The fourth-order valence-corrected chi connectivity index (χ4v) is 3.57. The highest BCUT2D eigenvalue weighted by Crippen LogP contribution is 2.15. The summed E-state index contributed by atoms with van der Waals surface area (Å²) in [5, 5.41) is 9.42. The van der Waals surface area contributed by atoms with Crippen LogP contribution in [0.15, 0.2) is 53.5 Å². The van der Waals surface area contributed by atoms with Crippen LogP contribution < -0.4 is 5.69 Å². The summed E-state index contributed by atoms with van der Waals surface area (Å²) in [6.07, 6.45) is 5.73. The molecule has 3 rings (SSSR count). The van der Waals surface area contributed by atoms with Crippen LogP contribution in [-0.2, 0) is 25.9 Å². The predicted molar refractivity (Wildman–Crippen MR) is 114 cm³/mol. The van der Waals surface area contributed by atoms with Crippen LogP contribution in [0.25, 0.3) is 0 Å². The van der Waals surface area contributed by atoms with E-state index < -0.39 is 0 Å². The third-order valence-corrected chi connectivity index (χ3v) is 5.34. The lowest BCUT2D eigenvalue weighted by molar-refractivity contribution is 0.475. The van der Waals surface area contributed by atoms with E-state index in [0.29, 0.717) is 12.3 Å². The van der Waals surface area contributed by atoms with Crippen molar-refractivity contribution < 1.29 is 5.11 Å². The monoisotopic (exact) mass is 378 g/mol. The lowest BCUT2D eigenvalue weighted by Gasteiger charge is -2.09. The molecule has 0 saturated carbocycles. The number of aryl methyl sites for hydroxylation is 5. The van der Waals surface area contributed by atoms with Crippen LogP contribution in [0.1, 0.15) is 47.7 Å². The van der Waals surface area contributed by atoms with Crippen molar-refractivity contribution in [3.05, 3.63) is 87.1 Å². The maximum absolute atomic E-state index is 12.9. The van der Waals surface area contributed by atoms with Crippen LogP contribution in [0.2, 0.25) is 0 Å². The molecular weight excluding hydrogens is 348 g/mol. The Morgan fingerprint density at radius 2 is 1.64 bits per heavy atom. The molecule has 0 fully saturated rings. The molecule has 3 aromatic rings. The molecule has 1 aromatic heterocycles. The molecule has 0 saturated heterocycles.